The third kappa shape index (κ3) is 5.89. The first-order valence-corrected chi connectivity index (χ1v) is 8.74. The highest BCUT2D eigenvalue weighted by atomic mass is 19.1. The Labute approximate surface area is 158 Å². The van der Waals surface area contributed by atoms with E-state index in [-0.39, 0.29) is 24.8 Å². The van der Waals surface area contributed by atoms with E-state index >= 15 is 0 Å². The van der Waals surface area contributed by atoms with Crippen LogP contribution in [0.1, 0.15) is 23.6 Å². The van der Waals surface area contributed by atoms with Crippen LogP contribution in [-0.2, 0) is 33.6 Å². The Bertz CT molecular complexity index is 792. The van der Waals surface area contributed by atoms with Gasteiger partial charge in [-0.1, -0.05) is 36.4 Å². The minimum absolute atomic E-state index is 0.0107. The van der Waals surface area contributed by atoms with E-state index in [0.29, 0.717) is 0 Å². The fourth-order valence-electron chi connectivity index (χ4n) is 3.09. The van der Waals surface area contributed by atoms with Crippen molar-refractivity contribution in [3.8, 4) is 0 Å². The van der Waals surface area contributed by atoms with E-state index in [1.54, 1.807) is 6.07 Å². The minimum Gasteiger partial charge on any atom is -0.382 e. The minimum atomic E-state index is -1.29. The molecule has 2 rings (SSSR count). The summed E-state index contributed by atoms with van der Waals surface area (Å²) in [6.07, 6.45) is 1.74. The summed E-state index contributed by atoms with van der Waals surface area (Å²) >= 11 is 0. The molecule has 0 aliphatic rings. The van der Waals surface area contributed by atoms with Gasteiger partial charge >= 0.3 is 0 Å². The molecular formula is C21H25FN2O3. The van der Waals surface area contributed by atoms with Gasteiger partial charge in [0.25, 0.3) is 0 Å². The van der Waals surface area contributed by atoms with E-state index < -0.39 is 11.4 Å². The third-order valence-corrected chi connectivity index (χ3v) is 4.40. The average Bonchev–Trinajstić information content (AvgIpc) is 2.60. The number of amides is 2. The summed E-state index contributed by atoms with van der Waals surface area (Å²) in [4.78, 5) is 23.5. The zero-order chi connectivity index (χ0) is 19.9. The van der Waals surface area contributed by atoms with E-state index in [0.717, 1.165) is 29.5 Å². The van der Waals surface area contributed by atoms with E-state index in [1.807, 2.05) is 30.3 Å². The van der Waals surface area contributed by atoms with Crippen molar-refractivity contribution in [2.75, 3.05) is 13.7 Å². The van der Waals surface area contributed by atoms with Crippen molar-refractivity contribution in [2.45, 2.75) is 31.7 Å². The summed E-state index contributed by atoms with van der Waals surface area (Å²) in [5.41, 5.74) is 7.15. The number of primary amides is 1. The van der Waals surface area contributed by atoms with Crippen LogP contribution in [0, 0.1) is 5.82 Å². The number of carbonyl (C=O) groups excluding carboxylic acids is 2. The molecule has 0 bridgehead atoms. The zero-order valence-electron chi connectivity index (χ0n) is 15.6. The van der Waals surface area contributed by atoms with Gasteiger partial charge in [-0.3, -0.25) is 9.59 Å². The van der Waals surface area contributed by atoms with Gasteiger partial charge < -0.3 is 15.8 Å². The van der Waals surface area contributed by atoms with E-state index in [9.17, 15) is 14.0 Å². The lowest BCUT2D eigenvalue weighted by molar-refractivity contribution is -0.132. The molecule has 2 amide bonds. The number of hydrogen-bond acceptors (Lipinski definition) is 3. The van der Waals surface area contributed by atoms with Crippen LogP contribution >= 0.6 is 0 Å². The molecule has 6 heteroatoms. The first-order chi connectivity index (χ1) is 12.8. The lowest BCUT2D eigenvalue weighted by atomic mass is 9.89. The molecule has 0 spiro atoms. The molecule has 0 aliphatic carbocycles. The van der Waals surface area contributed by atoms with Crippen molar-refractivity contribution in [2.24, 2.45) is 5.73 Å². The summed E-state index contributed by atoms with van der Waals surface area (Å²) in [5, 5.41) is 2.63. The molecule has 0 fully saturated rings. The number of nitrogens with one attached hydrogen (secondary N) is 1. The van der Waals surface area contributed by atoms with Crippen LogP contribution in [0.15, 0.2) is 48.5 Å². The van der Waals surface area contributed by atoms with E-state index in [2.05, 4.69) is 5.32 Å². The largest absolute Gasteiger partial charge is 0.382 e. The molecule has 0 heterocycles. The molecule has 3 N–H and O–H groups in total. The Morgan fingerprint density at radius 2 is 1.70 bits per heavy atom. The summed E-state index contributed by atoms with van der Waals surface area (Å²) in [5.74, 6) is -1.23. The lowest BCUT2D eigenvalue weighted by Crippen LogP contribution is -2.61. The molecule has 5 nitrogen and oxygen atoms in total. The van der Waals surface area contributed by atoms with Gasteiger partial charge in [0.05, 0.1) is 6.61 Å². The first kappa shape index (κ1) is 20.6. The van der Waals surface area contributed by atoms with Crippen molar-refractivity contribution in [1.29, 1.82) is 0 Å². The number of methoxy groups -OCH3 is 1. The van der Waals surface area contributed by atoms with E-state index in [4.69, 9.17) is 10.5 Å². The SMILES string of the molecule is COCC(Cc1ccc(CCc2cccc(F)c2)cc1)(NC(C)=O)C(N)=O. The number of halogens is 1. The van der Waals surface area contributed by atoms with Gasteiger partial charge in [0.1, 0.15) is 11.4 Å². The van der Waals surface area contributed by atoms with Crippen molar-refractivity contribution >= 4 is 11.8 Å². The van der Waals surface area contributed by atoms with Gasteiger partial charge in [0.15, 0.2) is 0 Å². The summed E-state index contributed by atoms with van der Waals surface area (Å²) in [6, 6.07) is 14.3. The summed E-state index contributed by atoms with van der Waals surface area (Å²) in [6.45, 7) is 1.33. The maximum absolute atomic E-state index is 13.2. The Hall–Kier alpha value is -2.73. The molecule has 0 saturated heterocycles. The maximum atomic E-state index is 13.2. The topological polar surface area (TPSA) is 81.4 Å². The van der Waals surface area contributed by atoms with Gasteiger partial charge in [0, 0.05) is 20.5 Å². The molecule has 0 aromatic heterocycles. The fourth-order valence-corrected chi connectivity index (χ4v) is 3.09. The summed E-state index contributed by atoms with van der Waals surface area (Å²) < 4.78 is 18.4. The number of rotatable bonds is 9. The number of ether oxygens (including phenoxy) is 1. The highest BCUT2D eigenvalue weighted by Crippen LogP contribution is 2.17. The molecule has 0 saturated carbocycles. The Kier molecular flexibility index (Phi) is 7.07. The average molecular weight is 372 g/mol. The first-order valence-electron chi connectivity index (χ1n) is 8.74. The van der Waals surface area contributed by atoms with Crippen LogP contribution in [0.4, 0.5) is 4.39 Å². The molecular weight excluding hydrogens is 347 g/mol. The number of nitrogens with two attached hydrogens (primary N) is 1. The van der Waals surface area contributed by atoms with Crippen LogP contribution in [0.3, 0.4) is 0 Å². The van der Waals surface area contributed by atoms with Gasteiger partial charge in [0.2, 0.25) is 11.8 Å². The molecule has 1 unspecified atom stereocenters. The number of carbonyl (C=O) groups is 2. The second-order valence-electron chi connectivity index (χ2n) is 6.68. The van der Waals surface area contributed by atoms with Crippen LogP contribution < -0.4 is 11.1 Å². The highest BCUT2D eigenvalue weighted by Gasteiger charge is 2.37. The maximum Gasteiger partial charge on any atom is 0.245 e. The van der Waals surface area contributed by atoms with Gasteiger partial charge in [-0.25, -0.2) is 4.39 Å². The van der Waals surface area contributed by atoms with Crippen molar-refractivity contribution in [3.63, 3.8) is 0 Å². The van der Waals surface area contributed by atoms with E-state index in [1.165, 1.54) is 26.2 Å². The van der Waals surface area contributed by atoms with Gasteiger partial charge in [-0.2, -0.15) is 0 Å². The number of hydrogen-bond donors (Lipinski definition) is 2. The third-order valence-electron chi connectivity index (χ3n) is 4.40. The molecule has 2 aromatic carbocycles. The molecule has 0 radical (unpaired) electrons. The van der Waals surface area contributed by atoms with Crippen LogP contribution in [0.5, 0.6) is 0 Å². The van der Waals surface area contributed by atoms with Crippen LogP contribution in [-0.4, -0.2) is 31.1 Å². The number of aryl methyl sites for hydroxylation is 2. The van der Waals surface area contributed by atoms with Gasteiger partial charge in [-0.05, 0) is 41.7 Å². The van der Waals surface area contributed by atoms with Crippen molar-refractivity contribution < 1.29 is 18.7 Å². The van der Waals surface area contributed by atoms with Crippen LogP contribution in [0.2, 0.25) is 0 Å². The lowest BCUT2D eigenvalue weighted by Gasteiger charge is -2.30. The predicted octanol–water partition coefficient (Wildman–Crippen LogP) is 2.16. The number of benzene rings is 2. The molecule has 27 heavy (non-hydrogen) atoms. The highest BCUT2D eigenvalue weighted by molar-refractivity contribution is 5.90. The molecule has 2 aromatic rings. The summed E-state index contributed by atoms with van der Waals surface area (Å²) in [7, 11) is 1.45. The Morgan fingerprint density at radius 3 is 2.26 bits per heavy atom. The normalized spacial score (nSPS) is 13.0. The monoisotopic (exact) mass is 372 g/mol. The Morgan fingerprint density at radius 1 is 1.07 bits per heavy atom. The molecule has 1 atom stereocenters. The Balaban J connectivity index is 2.08. The molecule has 0 aliphatic heterocycles. The second kappa shape index (κ2) is 9.28. The van der Waals surface area contributed by atoms with Crippen molar-refractivity contribution in [1.82, 2.24) is 5.32 Å². The van der Waals surface area contributed by atoms with Crippen molar-refractivity contribution in [3.05, 3.63) is 71.0 Å². The molecule has 144 valence electrons. The van der Waals surface area contributed by atoms with Crippen LogP contribution in [0.25, 0.3) is 0 Å². The fraction of sp³-hybridized carbons (Fsp3) is 0.333. The smallest absolute Gasteiger partial charge is 0.245 e. The quantitative estimate of drug-likeness (QED) is 0.708. The standard InChI is InChI=1S/C21H25FN2O3/c1-15(25)24-21(14-27-2,20(23)26)13-18-10-7-16(8-11-18)6-9-17-4-3-5-19(22)12-17/h3-5,7-8,10-12H,6,9,13-14H2,1-2H3,(H2,23,26)(H,24,25). The zero-order valence-corrected chi connectivity index (χ0v) is 15.6. The second-order valence-corrected chi connectivity index (χ2v) is 6.68. The van der Waals surface area contributed by atoms with Gasteiger partial charge in [-0.15, -0.1) is 0 Å². The predicted molar refractivity (Wildman–Crippen MR) is 102 cm³/mol.